The molecule has 0 spiro atoms. The van der Waals surface area contributed by atoms with Crippen LogP contribution in [0.15, 0.2) is 54.6 Å². The van der Waals surface area contributed by atoms with E-state index in [1.807, 2.05) is 30.3 Å². The summed E-state index contributed by atoms with van der Waals surface area (Å²) in [6, 6.07) is 15.4. The topological polar surface area (TPSA) is 55.4 Å². The number of esters is 1. The van der Waals surface area contributed by atoms with Crippen molar-refractivity contribution in [2.24, 2.45) is 0 Å². The number of ether oxygens (including phenoxy) is 1. The number of hydrogen-bond acceptors (Lipinski definition) is 3. The van der Waals surface area contributed by atoms with Crippen molar-refractivity contribution in [2.75, 3.05) is 6.61 Å². The van der Waals surface area contributed by atoms with Gasteiger partial charge < -0.3 is 10.1 Å². The van der Waals surface area contributed by atoms with E-state index >= 15 is 0 Å². The van der Waals surface area contributed by atoms with Crippen molar-refractivity contribution >= 4 is 11.9 Å². The smallest absolute Gasteiger partial charge is 0.306 e. The van der Waals surface area contributed by atoms with Crippen LogP contribution in [0.5, 0.6) is 0 Å². The molecule has 0 heterocycles. The van der Waals surface area contributed by atoms with E-state index in [0.29, 0.717) is 6.42 Å². The normalized spacial score (nSPS) is 10.1. The number of halogens is 1. The quantitative estimate of drug-likeness (QED) is 0.799. The van der Waals surface area contributed by atoms with E-state index in [-0.39, 0.29) is 31.3 Å². The van der Waals surface area contributed by atoms with Crippen molar-refractivity contribution in [1.82, 2.24) is 5.32 Å². The van der Waals surface area contributed by atoms with Crippen LogP contribution >= 0.6 is 0 Å². The number of carbonyl (C=O) groups is 2. The first kappa shape index (κ1) is 16.7. The van der Waals surface area contributed by atoms with E-state index in [4.69, 9.17) is 4.74 Å². The van der Waals surface area contributed by atoms with E-state index in [9.17, 15) is 14.0 Å². The van der Waals surface area contributed by atoms with Gasteiger partial charge in [0.05, 0.1) is 0 Å². The Morgan fingerprint density at radius 2 is 1.65 bits per heavy atom. The molecule has 23 heavy (non-hydrogen) atoms. The summed E-state index contributed by atoms with van der Waals surface area (Å²) < 4.78 is 17.7. The van der Waals surface area contributed by atoms with Crippen LogP contribution in [0, 0.1) is 5.82 Å². The fourth-order valence-corrected chi connectivity index (χ4v) is 1.96. The second kappa shape index (κ2) is 8.68. The maximum absolute atomic E-state index is 12.7. The lowest BCUT2D eigenvalue weighted by molar-refractivity contribution is -0.148. The van der Waals surface area contributed by atoms with Crippen LogP contribution in [0.2, 0.25) is 0 Å². The molecule has 0 saturated carbocycles. The predicted molar refractivity (Wildman–Crippen MR) is 84.0 cm³/mol. The summed E-state index contributed by atoms with van der Waals surface area (Å²) in [5.41, 5.74) is 1.82. The van der Waals surface area contributed by atoms with E-state index in [1.54, 1.807) is 12.1 Å². The summed E-state index contributed by atoms with van der Waals surface area (Å²) >= 11 is 0. The Morgan fingerprint density at radius 3 is 2.35 bits per heavy atom. The van der Waals surface area contributed by atoms with Gasteiger partial charge in [-0.3, -0.25) is 9.59 Å². The average Bonchev–Trinajstić information content (AvgIpc) is 2.58. The molecule has 0 saturated heterocycles. The van der Waals surface area contributed by atoms with Crippen LogP contribution in [0.4, 0.5) is 4.39 Å². The molecule has 0 aliphatic rings. The first-order valence-electron chi connectivity index (χ1n) is 7.34. The molecule has 5 heteroatoms. The van der Waals surface area contributed by atoms with Gasteiger partial charge in [0, 0.05) is 13.0 Å². The zero-order valence-corrected chi connectivity index (χ0v) is 12.6. The number of hydrogen-bond donors (Lipinski definition) is 1. The Morgan fingerprint density at radius 1 is 0.957 bits per heavy atom. The lowest BCUT2D eigenvalue weighted by Crippen LogP contribution is -2.28. The van der Waals surface area contributed by atoms with E-state index in [0.717, 1.165) is 11.1 Å². The van der Waals surface area contributed by atoms with Gasteiger partial charge in [-0.15, -0.1) is 0 Å². The second-order valence-corrected chi connectivity index (χ2v) is 5.05. The van der Waals surface area contributed by atoms with Crippen molar-refractivity contribution in [3.63, 3.8) is 0 Å². The Hall–Kier alpha value is -2.69. The van der Waals surface area contributed by atoms with Crippen molar-refractivity contribution in [1.29, 1.82) is 0 Å². The molecule has 2 rings (SSSR count). The van der Waals surface area contributed by atoms with Crippen LogP contribution in [-0.2, 0) is 27.3 Å². The Bertz CT molecular complexity index is 641. The molecule has 0 radical (unpaired) electrons. The average molecular weight is 315 g/mol. The molecule has 0 bridgehead atoms. The fourth-order valence-electron chi connectivity index (χ4n) is 1.96. The van der Waals surface area contributed by atoms with Gasteiger partial charge in [-0.25, -0.2) is 4.39 Å². The third-order valence-corrected chi connectivity index (χ3v) is 3.23. The van der Waals surface area contributed by atoms with Gasteiger partial charge in [0.2, 0.25) is 0 Å². The molecule has 2 aromatic carbocycles. The van der Waals surface area contributed by atoms with Gasteiger partial charge in [0.25, 0.3) is 5.91 Å². The van der Waals surface area contributed by atoms with Crippen LogP contribution in [0.25, 0.3) is 0 Å². The molecule has 120 valence electrons. The number of nitrogens with one attached hydrogen (secondary N) is 1. The summed E-state index contributed by atoms with van der Waals surface area (Å²) in [7, 11) is 0. The number of carbonyl (C=O) groups excluding carboxylic acids is 2. The van der Waals surface area contributed by atoms with Crippen LogP contribution in [-0.4, -0.2) is 18.5 Å². The van der Waals surface area contributed by atoms with Gasteiger partial charge in [0.1, 0.15) is 5.82 Å². The maximum atomic E-state index is 12.7. The van der Waals surface area contributed by atoms with Crippen molar-refractivity contribution in [3.05, 3.63) is 71.5 Å². The molecular weight excluding hydrogens is 297 g/mol. The highest BCUT2D eigenvalue weighted by Crippen LogP contribution is 2.04. The third kappa shape index (κ3) is 6.30. The molecule has 1 N–H and O–H groups in total. The number of benzene rings is 2. The number of amides is 1. The summed E-state index contributed by atoms with van der Waals surface area (Å²) in [4.78, 5) is 23.2. The first-order valence-corrected chi connectivity index (χ1v) is 7.34. The minimum atomic E-state index is -0.411. The molecule has 0 fully saturated rings. The van der Waals surface area contributed by atoms with Gasteiger partial charge in [-0.1, -0.05) is 42.5 Å². The number of aryl methyl sites for hydroxylation is 1. The highest BCUT2D eigenvalue weighted by atomic mass is 19.1. The summed E-state index contributed by atoms with van der Waals surface area (Å²) in [5, 5.41) is 2.61. The van der Waals surface area contributed by atoms with Gasteiger partial charge in [0.15, 0.2) is 6.61 Å². The number of rotatable bonds is 7. The lowest BCUT2D eigenvalue weighted by atomic mass is 10.1. The highest BCUT2D eigenvalue weighted by Gasteiger charge is 2.07. The first-order chi connectivity index (χ1) is 11.1. The molecule has 2 aromatic rings. The molecule has 1 amide bonds. The zero-order valence-electron chi connectivity index (χ0n) is 12.6. The van der Waals surface area contributed by atoms with Crippen molar-refractivity contribution in [2.45, 2.75) is 19.4 Å². The monoisotopic (exact) mass is 315 g/mol. The van der Waals surface area contributed by atoms with Crippen molar-refractivity contribution < 1.29 is 18.7 Å². The van der Waals surface area contributed by atoms with Crippen molar-refractivity contribution in [3.8, 4) is 0 Å². The van der Waals surface area contributed by atoms with Crippen LogP contribution < -0.4 is 5.32 Å². The van der Waals surface area contributed by atoms with Crippen LogP contribution in [0.1, 0.15) is 17.5 Å². The summed E-state index contributed by atoms with van der Waals surface area (Å²) in [6.45, 7) is -0.0461. The molecule has 0 aromatic heterocycles. The zero-order chi connectivity index (χ0) is 16.5. The van der Waals surface area contributed by atoms with Crippen LogP contribution in [0.3, 0.4) is 0 Å². The molecular formula is C18H18FNO3. The van der Waals surface area contributed by atoms with Gasteiger partial charge in [-0.05, 0) is 29.7 Å². The fraction of sp³-hybridized carbons (Fsp3) is 0.222. The summed E-state index contributed by atoms with van der Waals surface area (Å²) in [6.07, 6.45) is 0.812. The molecule has 0 unspecified atom stereocenters. The maximum Gasteiger partial charge on any atom is 0.306 e. The predicted octanol–water partition coefficient (Wildman–Crippen LogP) is 2.62. The lowest BCUT2D eigenvalue weighted by Gasteiger charge is -2.07. The summed E-state index contributed by atoms with van der Waals surface area (Å²) in [5.74, 6) is -1.12. The highest BCUT2D eigenvalue weighted by molar-refractivity contribution is 5.80. The van der Waals surface area contributed by atoms with E-state index in [1.165, 1.54) is 12.1 Å². The van der Waals surface area contributed by atoms with E-state index < -0.39 is 5.97 Å². The second-order valence-electron chi connectivity index (χ2n) is 5.05. The van der Waals surface area contributed by atoms with Gasteiger partial charge in [-0.2, -0.15) is 0 Å². The largest absolute Gasteiger partial charge is 0.456 e. The van der Waals surface area contributed by atoms with Gasteiger partial charge >= 0.3 is 5.97 Å². The Balaban J connectivity index is 1.63. The minimum absolute atomic E-state index is 0.231. The molecule has 0 atom stereocenters. The molecule has 4 nitrogen and oxygen atoms in total. The Labute approximate surface area is 134 Å². The standard InChI is InChI=1S/C18H18FNO3/c19-16-9-6-15(7-10-16)12-20-17(21)13-23-18(22)11-8-14-4-2-1-3-5-14/h1-7,9-10H,8,11-13H2,(H,20,21). The third-order valence-electron chi connectivity index (χ3n) is 3.23. The SMILES string of the molecule is O=C(COC(=O)CCc1ccccc1)NCc1ccc(F)cc1. The Kier molecular flexibility index (Phi) is 6.29. The molecule has 0 aliphatic heterocycles. The molecule has 0 aliphatic carbocycles. The van der Waals surface area contributed by atoms with E-state index in [2.05, 4.69) is 5.32 Å². The minimum Gasteiger partial charge on any atom is -0.456 e.